The molecule has 7 heteroatoms. The number of alkyl carbamates (subject to hydrolysis) is 1. The van der Waals surface area contributed by atoms with Crippen LogP contribution in [0.15, 0.2) is 48.5 Å². The Bertz CT molecular complexity index is 929. The van der Waals surface area contributed by atoms with Crippen molar-refractivity contribution in [3.63, 3.8) is 0 Å². The number of fused-ring (bicyclic) bond motifs is 3. The Hall–Kier alpha value is -3.35. The topological polar surface area (TPSA) is 105 Å². The normalized spacial score (nSPS) is 14.1. The van der Waals surface area contributed by atoms with Gasteiger partial charge in [0.1, 0.15) is 12.6 Å². The fraction of sp³-hybridized carbons (Fsp3) is 0.400. The first-order valence-electron chi connectivity index (χ1n) is 11.0. The number of benzene rings is 2. The maximum Gasteiger partial charge on any atom is 0.407 e. The van der Waals surface area contributed by atoms with Gasteiger partial charge < -0.3 is 20.5 Å². The van der Waals surface area contributed by atoms with Crippen LogP contribution in [0, 0.1) is 0 Å². The van der Waals surface area contributed by atoms with Crippen LogP contribution in [0.25, 0.3) is 11.1 Å². The molecule has 2 aromatic carbocycles. The lowest BCUT2D eigenvalue weighted by Gasteiger charge is -2.21. The van der Waals surface area contributed by atoms with E-state index >= 15 is 0 Å². The van der Waals surface area contributed by atoms with Crippen molar-refractivity contribution in [2.45, 2.75) is 57.5 Å². The summed E-state index contributed by atoms with van der Waals surface area (Å²) >= 11 is 0. The molecule has 32 heavy (non-hydrogen) atoms. The van der Waals surface area contributed by atoms with Crippen LogP contribution in [0.4, 0.5) is 4.79 Å². The third-order valence-corrected chi connectivity index (χ3v) is 5.74. The van der Waals surface area contributed by atoms with E-state index in [1.54, 1.807) is 6.92 Å². The van der Waals surface area contributed by atoms with Crippen molar-refractivity contribution in [3.8, 4) is 11.1 Å². The summed E-state index contributed by atoms with van der Waals surface area (Å²) in [4.78, 5) is 35.9. The molecule has 2 atom stereocenters. The smallest absolute Gasteiger partial charge is 0.407 e. The van der Waals surface area contributed by atoms with Crippen LogP contribution in [-0.2, 0) is 14.3 Å². The van der Waals surface area contributed by atoms with Crippen LogP contribution in [0.2, 0.25) is 0 Å². The zero-order chi connectivity index (χ0) is 23.1. The number of carboxylic acid groups (broad SMARTS) is 1. The van der Waals surface area contributed by atoms with Crippen molar-refractivity contribution in [2.24, 2.45) is 0 Å². The average Bonchev–Trinajstić information content (AvgIpc) is 3.09. The standard InChI is InChI=1S/C25H30N2O5/c1-3-4-9-17(14-23(28)29)27-24(30)16(2)26-25(31)32-15-22-20-12-7-5-10-18(20)19-11-6-8-13-21(19)22/h5-8,10-13,16-17,22H,3-4,9,14-15H2,1-2H3,(H,26,31)(H,27,30)(H,28,29). The third-order valence-electron chi connectivity index (χ3n) is 5.74. The summed E-state index contributed by atoms with van der Waals surface area (Å²) in [7, 11) is 0. The number of hydrogen-bond donors (Lipinski definition) is 3. The van der Waals surface area contributed by atoms with Gasteiger partial charge in [-0.25, -0.2) is 4.79 Å². The molecule has 0 bridgehead atoms. The minimum absolute atomic E-state index is 0.0636. The summed E-state index contributed by atoms with van der Waals surface area (Å²) in [6.45, 7) is 3.71. The minimum atomic E-state index is -0.969. The number of unbranched alkanes of at least 4 members (excludes halogenated alkanes) is 1. The molecule has 7 nitrogen and oxygen atoms in total. The Morgan fingerprint density at radius 3 is 2.16 bits per heavy atom. The van der Waals surface area contributed by atoms with Gasteiger partial charge >= 0.3 is 12.1 Å². The van der Waals surface area contributed by atoms with Crippen LogP contribution >= 0.6 is 0 Å². The van der Waals surface area contributed by atoms with Gasteiger partial charge in [0.15, 0.2) is 0 Å². The van der Waals surface area contributed by atoms with Gasteiger partial charge in [0.05, 0.1) is 6.42 Å². The number of carbonyl (C=O) groups excluding carboxylic acids is 2. The van der Waals surface area contributed by atoms with E-state index in [-0.39, 0.29) is 18.9 Å². The van der Waals surface area contributed by atoms with Gasteiger partial charge in [-0.05, 0) is 35.6 Å². The molecular weight excluding hydrogens is 408 g/mol. The van der Waals surface area contributed by atoms with Gasteiger partial charge in [-0.15, -0.1) is 0 Å². The van der Waals surface area contributed by atoms with E-state index in [0.29, 0.717) is 6.42 Å². The Morgan fingerprint density at radius 1 is 1.00 bits per heavy atom. The molecule has 2 unspecified atom stereocenters. The highest BCUT2D eigenvalue weighted by Gasteiger charge is 2.29. The molecule has 0 saturated heterocycles. The van der Waals surface area contributed by atoms with Gasteiger partial charge in [-0.2, -0.15) is 0 Å². The average molecular weight is 439 g/mol. The SMILES string of the molecule is CCCCC(CC(=O)O)NC(=O)C(C)NC(=O)OCC1c2ccccc2-c2ccccc21. The fourth-order valence-electron chi connectivity index (χ4n) is 4.10. The Kier molecular flexibility index (Phi) is 7.87. The van der Waals surface area contributed by atoms with E-state index in [0.717, 1.165) is 35.1 Å². The lowest BCUT2D eigenvalue weighted by atomic mass is 9.98. The van der Waals surface area contributed by atoms with Gasteiger partial charge in [0, 0.05) is 12.0 Å². The summed E-state index contributed by atoms with van der Waals surface area (Å²) in [5, 5.41) is 14.3. The molecule has 2 amide bonds. The maximum atomic E-state index is 12.4. The summed E-state index contributed by atoms with van der Waals surface area (Å²) in [6.07, 6.45) is 1.46. The first-order valence-corrected chi connectivity index (χ1v) is 11.0. The van der Waals surface area contributed by atoms with Crippen molar-refractivity contribution >= 4 is 18.0 Å². The molecule has 0 spiro atoms. The molecule has 3 N–H and O–H groups in total. The van der Waals surface area contributed by atoms with Crippen molar-refractivity contribution in [1.29, 1.82) is 0 Å². The van der Waals surface area contributed by atoms with Crippen LogP contribution in [0.3, 0.4) is 0 Å². The quantitative estimate of drug-likeness (QED) is 0.519. The highest BCUT2D eigenvalue weighted by molar-refractivity contribution is 5.86. The molecule has 0 radical (unpaired) electrons. The number of carboxylic acids is 1. The largest absolute Gasteiger partial charge is 0.481 e. The third kappa shape index (κ3) is 5.66. The van der Waals surface area contributed by atoms with Crippen LogP contribution in [0.1, 0.15) is 56.6 Å². The Labute approximate surface area is 188 Å². The number of aliphatic carboxylic acids is 1. The number of hydrogen-bond acceptors (Lipinski definition) is 4. The number of amides is 2. The summed E-state index contributed by atoms with van der Waals surface area (Å²) in [5.41, 5.74) is 4.50. The zero-order valence-corrected chi connectivity index (χ0v) is 18.5. The summed E-state index contributed by atoms with van der Waals surface area (Å²) in [6, 6.07) is 14.8. The van der Waals surface area contributed by atoms with E-state index in [4.69, 9.17) is 9.84 Å². The molecule has 3 rings (SSSR count). The first-order chi connectivity index (χ1) is 15.4. The fourth-order valence-corrected chi connectivity index (χ4v) is 4.10. The molecule has 0 saturated carbocycles. The van der Waals surface area contributed by atoms with Gasteiger partial charge in [0.25, 0.3) is 0 Å². The lowest BCUT2D eigenvalue weighted by Crippen LogP contribution is -2.48. The van der Waals surface area contributed by atoms with Crippen molar-refractivity contribution < 1.29 is 24.2 Å². The number of ether oxygens (including phenoxy) is 1. The zero-order valence-electron chi connectivity index (χ0n) is 18.5. The lowest BCUT2D eigenvalue weighted by molar-refractivity contribution is -0.137. The minimum Gasteiger partial charge on any atom is -0.481 e. The van der Waals surface area contributed by atoms with Crippen LogP contribution < -0.4 is 10.6 Å². The van der Waals surface area contributed by atoms with Crippen molar-refractivity contribution in [1.82, 2.24) is 10.6 Å². The summed E-state index contributed by atoms with van der Waals surface area (Å²) in [5.74, 6) is -1.46. The second-order valence-electron chi connectivity index (χ2n) is 8.14. The second kappa shape index (κ2) is 10.8. The molecule has 0 fully saturated rings. The molecule has 0 aliphatic heterocycles. The van der Waals surface area contributed by atoms with Crippen LogP contribution in [0.5, 0.6) is 0 Å². The van der Waals surface area contributed by atoms with E-state index in [1.807, 2.05) is 43.3 Å². The van der Waals surface area contributed by atoms with Gasteiger partial charge in [0.2, 0.25) is 5.91 Å². The van der Waals surface area contributed by atoms with Gasteiger partial charge in [-0.3, -0.25) is 9.59 Å². The predicted octanol–water partition coefficient (Wildman–Crippen LogP) is 4.06. The molecule has 1 aliphatic carbocycles. The first kappa shape index (κ1) is 23.3. The van der Waals surface area contributed by atoms with E-state index in [1.165, 1.54) is 0 Å². The molecule has 0 heterocycles. The van der Waals surface area contributed by atoms with Crippen molar-refractivity contribution in [2.75, 3.05) is 6.61 Å². The second-order valence-corrected chi connectivity index (χ2v) is 8.14. The molecule has 0 aromatic heterocycles. The number of carbonyl (C=O) groups is 3. The highest BCUT2D eigenvalue weighted by atomic mass is 16.5. The molecular formula is C25H30N2O5. The van der Waals surface area contributed by atoms with Gasteiger partial charge in [-0.1, -0.05) is 68.3 Å². The Morgan fingerprint density at radius 2 is 1.59 bits per heavy atom. The van der Waals surface area contributed by atoms with Crippen molar-refractivity contribution in [3.05, 3.63) is 59.7 Å². The van der Waals surface area contributed by atoms with E-state index in [2.05, 4.69) is 22.8 Å². The maximum absolute atomic E-state index is 12.4. The highest BCUT2D eigenvalue weighted by Crippen LogP contribution is 2.44. The molecule has 1 aliphatic rings. The van der Waals surface area contributed by atoms with Crippen LogP contribution in [-0.4, -0.2) is 41.8 Å². The number of rotatable bonds is 10. The van der Waals surface area contributed by atoms with E-state index in [9.17, 15) is 14.4 Å². The molecule has 170 valence electrons. The Balaban J connectivity index is 1.55. The predicted molar refractivity (Wildman–Crippen MR) is 121 cm³/mol. The monoisotopic (exact) mass is 438 g/mol. The number of nitrogens with one attached hydrogen (secondary N) is 2. The molecule has 2 aromatic rings. The van der Waals surface area contributed by atoms with E-state index < -0.39 is 30.1 Å². The summed E-state index contributed by atoms with van der Waals surface area (Å²) < 4.78 is 5.47.